The van der Waals surface area contributed by atoms with Gasteiger partial charge in [-0.15, -0.1) is 24.0 Å². The number of carbonyl (C=O) groups is 1. The number of halogens is 1. The molecule has 1 atom stereocenters. The van der Waals surface area contributed by atoms with Crippen molar-refractivity contribution in [2.24, 2.45) is 10.7 Å². The molecule has 0 aromatic heterocycles. The summed E-state index contributed by atoms with van der Waals surface area (Å²) in [5, 5.41) is 6.73. The van der Waals surface area contributed by atoms with Crippen molar-refractivity contribution in [1.82, 2.24) is 10.6 Å². The summed E-state index contributed by atoms with van der Waals surface area (Å²) < 4.78 is 0.305. The number of thioether (sulfide) groups is 1. The van der Waals surface area contributed by atoms with Crippen molar-refractivity contribution in [3.8, 4) is 0 Å². The van der Waals surface area contributed by atoms with Crippen LogP contribution < -0.4 is 16.4 Å². The normalized spacial score (nSPS) is 20.3. The maximum Gasteiger partial charge on any atom is 0.248 e. The van der Waals surface area contributed by atoms with Crippen LogP contribution in [0.15, 0.2) is 29.3 Å². The monoisotopic (exact) mass is 462 g/mol. The Labute approximate surface area is 165 Å². The van der Waals surface area contributed by atoms with Crippen molar-refractivity contribution >= 4 is 47.6 Å². The van der Waals surface area contributed by atoms with Gasteiger partial charge in [-0.05, 0) is 50.1 Å². The van der Waals surface area contributed by atoms with Crippen LogP contribution in [0.25, 0.3) is 0 Å². The summed E-state index contributed by atoms with van der Waals surface area (Å²) in [7, 11) is 0. The first kappa shape index (κ1) is 21.1. The van der Waals surface area contributed by atoms with Gasteiger partial charge in [0.25, 0.3) is 0 Å². The number of amides is 1. The third-order valence-corrected chi connectivity index (χ3v) is 5.47. The molecule has 1 heterocycles. The quantitative estimate of drug-likeness (QED) is 0.345. The van der Waals surface area contributed by atoms with Crippen LogP contribution >= 0.6 is 35.7 Å². The van der Waals surface area contributed by atoms with Crippen LogP contribution in [0.1, 0.15) is 42.6 Å². The number of primary amides is 1. The number of carbonyl (C=O) groups excluding carboxylic acids is 1. The largest absolute Gasteiger partial charge is 0.366 e. The molecule has 1 saturated heterocycles. The molecular formula is C17H27IN4OS. The first-order valence-corrected chi connectivity index (χ1v) is 9.06. The Bertz CT molecular complexity index is 556. The van der Waals surface area contributed by atoms with Crippen LogP contribution in [0.3, 0.4) is 0 Å². The van der Waals surface area contributed by atoms with Gasteiger partial charge in [-0.1, -0.05) is 12.1 Å². The van der Waals surface area contributed by atoms with Gasteiger partial charge in [0.1, 0.15) is 0 Å². The molecular weight excluding hydrogens is 435 g/mol. The fourth-order valence-corrected chi connectivity index (χ4v) is 3.78. The number of nitrogens with zero attached hydrogens (tertiary/aromatic N) is 1. The van der Waals surface area contributed by atoms with E-state index >= 15 is 0 Å². The molecule has 24 heavy (non-hydrogen) atoms. The van der Waals surface area contributed by atoms with Crippen molar-refractivity contribution in [1.29, 1.82) is 0 Å². The number of nitrogens with one attached hydrogen (secondary N) is 2. The summed E-state index contributed by atoms with van der Waals surface area (Å²) in [4.78, 5) is 15.7. The van der Waals surface area contributed by atoms with Gasteiger partial charge in [0.2, 0.25) is 5.91 Å². The average molecular weight is 462 g/mol. The van der Waals surface area contributed by atoms with E-state index in [-0.39, 0.29) is 24.0 Å². The zero-order chi connectivity index (χ0) is 16.7. The first-order valence-electron chi connectivity index (χ1n) is 8.07. The minimum atomic E-state index is -0.405. The zero-order valence-corrected chi connectivity index (χ0v) is 17.4. The Morgan fingerprint density at radius 1 is 1.33 bits per heavy atom. The minimum absolute atomic E-state index is 0. The van der Waals surface area contributed by atoms with Gasteiger partial charge in [-0.25, -0.2) is 4.99 Å². The standard InChI is InChI=1S/C17H26N4OS.HI/c1-3-19-16(21-12-17(2)9-4-10-23-17)20-11-13-5-7-14(8-6-13)15(18)22;/h5-8H,3-4,9-12H2,1-2H3,(H2,18,22)(H2,19,20,21);1H. The van der Waals surface area contributed by atoms with E-state index in [2.05, 4.69) is 29.5 Å². The molecule has 0 bridgehead atoms. The average Bonchev–Trinajstić information content (AvgIpc) is 2.97. The predicted molar refractivity (Wildman–Crippen MR) is 113 cm³/mol. The number of rotatable bonds is 6. The minimum Gasteiger partial charge on any atom is -0.366 e. The second-order valence-corrected chi connectivity index (χ2v) is 7.69. The van der Waals surface area contributed by atoms with Gasteiger partial charge < -0.3 is 16.4 Å². The van der Waals surface area contributed by atoms with E-state index in [0.29, 0.717) is 16.9 Å². The second kappa shape index (κ2) is 10.1. The van der Waals surface area contributed by atoms with Crippen molar-refractivity contribution < 1.29 is 4.79 Å². The van der Waals surface area contributed by atoms with Crippen molar-refractivity contribution in [2.45, 2.75) is 38.0 Å². The number of aliphatic imine (C=N–C) groups is 1. The Hall–Kier alpha value is -0.960. The van der Waals surface area contributed by atoms with Crippen molar-refractivity contribution in [3.63, 3.8) is 0 Å². The lowest BCUT2D eigenvalue weighted by Crippen LogP contribution is -2.43. The van der Waals surface area contributed by atoms with Gasteiger partial charge in [0.15, 0.2) is 5.96 Å². The zero-order valence-electron chi connectivity index (χ0n) is 14.3. The van der Waals surface area contributed by atoms with Gasteiger partial charge in [0, 0.05) is 23.4 Å². The number of hydrogen-bond acceptors (Lipinski definition) is 3. The molecule has 5 nitrogen and oxygen atoms in total. The van der Waals surface area contributed by atoms with Crippen LogP contribution in [-0.2, 0) is 6.54 Å². The molecule has 0 aliphatic carbocycles. The molecule has 0 saturated carbocycles. The molecule has 134 valence electrons. The summed E-state index contributed by atoms with van der Waals surface area (Å²) in [5.41, 5.74) is 6.82. The van der Waals surface area contributed by atoms with Gasteiger partial charge in [0.05, 0.1) is 6.54 Å². The van der Waals surface area contributed by atoms with Crippen molar-refractivity contribution in [2.75, 3.05) is 18.8 Å². The fraction of sp³-hybridized carbons (Fsp3) is 0.529. The highest BCUT2D eigenvalue weighted by atomic mass is 127. The lowest BCUT2D eigenvalue weighted by atomic mass is 10.1. The molecule has 1 aromatic rings. The van der Waals surface area contributed by atoms with E-state index in [1.165, 1.54) is 18.6 Å². The highest BCUT2D eigenvalue weighted by Crippen LogP contribution is 2.36. The van der Waals surface area contributed by atoms with Gasteiger partial charge in [-0.3, -0.25) is 4.79 Å². The second-order valence-electron chi connectivity index (χ2n) is 6.01. The summed E-state index contributed by atoms with van der Waals surface area (Å²) in [6.45, 7) is 6.69. The van der Waals surface area contributed by atoms with Gasteiger partial charge in [-0.2, -0.15) is 11.8 Å². The summed E-state index contributed by atoms with van der Waals surface area (Å²) in [5.74, 6) is 1.68. The summed E-state index contributed by atoms with van der Waals surface area (Å²) >= 11 is 2.03. The lowest BCUT2D eigenvalue weighted by molar-refractivity contribution is 0.100. The Morgan fingerprint density at radius 2 is 2.04 bits per heavy atom. The van der Waals surface area contributed by atoms with Gasteiger partial charge >= 0.3 is 0 Å². The molecule has 0 spiro atoms. The molecule has 1 unspecified atom stereocenters. The molecule has 7 heteroatoms. The van der Waals surface area contributed by atoms with E-state index in [0.717, 1.165) is 24.6 Å². The van der Waals surface area contributed by atoms with E-state index in [1.807, 2.05) is 23.9 Å². The summed E-state index contributed by atoms with van der Waals surface area (Å²) in [6.07, 6.45) is 2.54. The van der Waals surface area contributed by atoms with Crippen LogP contribution in [0.5, 0.6) is 0 Å². The number of benzene rings is 1. The molecule has 2 rings (SSSR count). The highest BCUT2D eigenvalue weighted by molar-refractivity contribution is 14.0. The van der Waals surface area contributed by atoms with Crippen LogP contribution in [0.4, 0.5) is 0 Å². The van der Waals surface area contributed by atoms with Crippen LogP contribution in [0, 0.1) is 0 Å². The summed E-state index contributed by atoms with van der Waals surface area (Å²) in [6, 6.07) is 7.26. The Balaban J connectivity index is 0.00000288. The smallest absolute Gasteiger partial charge is 0.248 e. The van der Waals surface area contributed by atoms with Crippen LogP contribution in [-0.4, -0.2) is 35.5 Å². The number of nitrogens with two attached hydrogens (primary N) is 1. The fourth-order valence-electron chi connectivity index (χ4n) is 2.53. The van der Waals surface area contributed by atoms with E-state index in [9.17, 15) is 4.79 Å². The molecule has 1 aliphatic heterocycles. The first-order chi connectivity index (χ1) is 11.0. The molecule has 1 aromatic carbocycles. The number of guanidine groups is 1. The van der Waals surface area contributed by atoms with E-state index in [4.69, 9.17) is 5.73 Å². The Kier molecular flexibility index (Phi) is 8.90. The Morgan fingerprint density at radius 3 is 2.58 bits per heavy atom. The predicted octanol–water partition coefficient (Wildman–Crippen LogP) is 2.74. The van der Waals surface area contributed by atoms with Crippen LogP contribution in [0.2, 0.25) is 0 Å². The van der Waals surface area contributed by atoms with E-state index < -0.39 is 5.91 Å². The lowest BCUT2D eigenvalue weighted by Gasteiger charge is -2.24. The molecule has 1 aliphatic rings. The molecule has 4 N–H and O–H groups in total. The maximum absolute atomic E-state index is 11.1. The van der Waals surface area contributed by atoms with E-state index in [1.54, 1.807) is 12.1 Å². The molecule has 1 amide bonds. The topological polar surface area (TPSA) is 79.5 Å². The maximum atomic E-state index is 11.1. The third-order valence-electron chi connectivity index (χ3n) is 3.93. The SMILES string of the molecule is CCNC(=NCc1ccc(C(N)=O)cc1)NCC1(C)CCCS1.I. The molecule has 0 radical (unpaired) electrons. The molecule has 1 fully saturated rings. The van der Waals surface area contributed by atoms with Crippen molar-refractivity contribution in [3.05, 3.63) is 35.4 Å². The highest BCUT2D eigenvalue weighted by Gasteiger charge is 2.29. The third kappa shape index (κ3) is 6.51. The number of hydrogen-bond donors (Lipinski definition) is 3.